The number of aliphatic hydroxyl groups is 1. The largest absolute Gasteiger partial charge is 0.507 e. The van der Waals surface area contributed by atoms with Crippen molar-refractivity contribution in [2.75, 3.05) is 18.1 Å². The zero-order chi connectivity index (χ0) is 27.4. The van der Waals surface area contributed by atoms with E-state index in [1.807, 2.05) is 13.0 Å². The van der Waals surface area contributed by atoms with Gasteiger partial charge in [0.2, 0.25) is 0 Å². The molecular weight excluding hydrogens is 504 g/mol. The molecule has 1 aliphatic rings. The van der Waals surface area contributed by atoms with E-state index in [9.17, 15) is 19.5 Å². The highest BCUT2D eigenvalue weighted by molar-refractivity contribution is 7.17. The predicted octanol–water partition coefficient (Wildman–Crippen LogP) is 5.74. The summed E-state index contributed by atoms with van der Waals surface area (Å²) in [7, 11) is 0. The van der Waals surface area contributed by atoms with Crippen molar-refractivity contribution in [1.29, 1.82) is 0 Å². The number of nitrogens with zero attached hydrogens (tertiary/aromatic N) is 2. The lowest BCUT2D eigenvalue weighted by molar-refractivity contribution is -0.132. The van der Waals surface area contributed by atoms with Crippen LogP contribution in [0.3, 0.4) is 0 Å². The van der Waals surface area contributed by atoms with Crippen LogP contribution in [0.25, 0.3) is 5.76 Å². The molecule has 8 nitrogen and oxygen atoms in total. The first-order chi connectivity index (χ1) is 18.3. The molecule has 38 heavy (non-hydrogen) atoms. The van der Waals surface area contributed by atoms with Crippen LogP contribution in [0.4, 0.5) is 5.13 Å². The number of Topliss-reactive ketones (excluding diaryl/α,β-unsaturated/α-hetero) is 1. The molecule has 2 aromatic carbocycles. The molecule has 1 N–H and O–H groups in total. The fourth-order valence-electron chi connectivity index (χ4n) is 4.29. The number of aromatic nitrogens is 1. The molecule has 2 heterocycles. The third-order valence-electron chi connectivity index (χ3n) is 6.22. The highest BCUT2D eigenvalue weighted by Crippen LogP contribution is 2.44. The van der Waals surface area contributed by atoms with E-state index in [1.165, 1.54) is 4.90 Å². The number of ether oxygens (including phenoxy) is 2. The summed E-state index contributed by atoms with van der Waals surface area (Å²) in [6.45, 7) is 8.08. The van der Waals surface area contributed by atoms with E-state index < -0.39 is 23.7 Å². The number of ketones is 1. The van der Waals surface area contributed by atoms with E-state index in [0.717, 1.165) is 29.7 Å². The molecule has 3 aromatic rings. The van der Waals surface area contributed by atoms with Crippen LogP contribution in [0.5, 0.6) is 5.75 Å². The summed E-state index contributed by atoms with van der Waals surface area (Å²) in [5.74, 6) is -1.80. The van der Waals surface area contributed by atoms with Crippen molar-refractivity contribution in [3.8, 4) is 5.75 Å². The molecule has 0 unspecified atom stereocenters. The van der Waals surface area contributed by atoms with Crippen LogP contribution in [-0.4, -0.2) is 41.0 Å². The molecule has 1 saturated heterocycles. The van der Waals surface area contributed by atoms with Gasteiger partial charge in [0, 0.05) is 5.56 Å². The average Bonchev–Trinajstić information content (AvgIpc) is 3.42. The van der Waals surface area contributed by atoms with Crippen molar-refractivity contribution < 1.29 is 29.0 Å². The van der Waals surface area contributed by atoms with Gasteiger partial charge in [0.05, 0.1) is 30.5 Å². The van der Waals surface area contributed by atoms with Crippen molar-refractivity contribution in [2.24, 2.45) is 0 Å². The van der Waals surface area contributed by atoms with E-state index in [-0.39, 0.29) is 27.9 Å². The zero-order valence-corrected chi connectivity index (χ0v) is 22.6. The molecule has 0 spiro atoms. The van der Waals surface area contributed by atoms with Crippen molar-refractivity contribution in [1.82, 2.24) is 4.98 Å². The number of anilines is 1. The van der Waals surface area contributed by atoms with Gasteiger partial charge in [-0.2, -0.15) is 0 Å². The molecule has 0 bridgehead atoms. The van der Waals surface area contributed by atoms with E-state index in [2.05, 4.69) is 11.9 Å². The van der Waals surface area contributed by atoms with Gasteiger partial charge in [-0.15, -0.1) is 0 Å². The molecule has 0 radical (unpaired) electrons. The molecule has 9 heteroatoms. The summed E-state index contributed by atoms with van der Waals surface area (Å²) in [6, 6.07) is 13.2. The van der Waals surface area contributed by atoms with Gasteiger partial charge in [-0.1, -0.05) is 55.0 Å². The molecule has 1 atom stereocenters. The first-order valence-electron chi connectivity index (χ1n) is 12.5. The Kier molecular flexibility index (Phi) is 8.26. The molecule has 0 saturated carbocycles. The number of carbonyl (C=O) groups is 3. The van der Waals surface area contributed by atoms with E-state index in [0.29, 0.717) is 29.2 Å². The standard InChI is InChI=1S/C29H30N2O6S/c1-5-7-15-37-21-14-13-20(16-17(21)3)24(32)22-23(19-11-9-8-10-12-19)31(27(34)25(22)33)29-30-18(4)26(38-29)28(35)36-6-2/h8-14,16,23,32H,5-7,15H2,1-4H3/b24-22+/t23-/m1/s1. The summed E-state index contributed by atoms with van der Waals surface area (Å²) < 4.78 is 10.9. The Morgan fingerprint density at radius 1 is 1.11 bits per heavy atom. The Hall–Kier alpha value is -3.98. The van der Waals surface area contributed by atoms with Crippen LogP contribution in [0.15, 0.2) is 54.1 Å². The van der Waals surface area contributed by atoms with Crippen LogP contribution >= 0.6 is 11.3 Å². The molecule has 1 aliphatic heterocycles. The van der Waals surface area contributed by atoms with Crippen LogP contribution in [0.2, 0.25) is 0 Å². The molecule has 1 amide bonds. The number of esters is 1. The highest BCUT2D eigenvalue weighted by Gasteiger charge is 2.48. The normalized spacial score (nSPS) is 16.6. The number of hydrogen-bond acceptors (Lipinski definition) is 8. The highest BCUT2D eigenvalue weighted by atomic mass is 32.1. The fourth-order valence-corrected chi connectivity index (χ4v) is 5.28. The minimum atomic E-state index is -0.933. The smallest absolute Gasteiger partial charge is 0.350 e. The first kappa shape index (κ1) is 27.1. The van der Waals surface area contributed by atoms with Gasteiger partial charge in [0.25, 0.3) is 5.78 Å². The number of amides is 1. The van der Waals surface area contributed by atoms with Crippen LogP contribution in [0, 0.1) is 13.8 Å². The van der Waals surface area contributed by atoms with Gasteiger partial charge < -0.3 is 14.6 Å². The SMILES string of the molecule is CCCCOc1ccc(/C(O)=C2\C(=O)C(=O)N(c3nc(C)c(C(=O)OCC)s3)[C@@H]2c2ccccc2)cc1C. The van der Waals surface area contributed by atoms with Crippen molar-refractivity contribution in [3.63, 3.8) is 0 Å². The lowest BCUT2D eigenvalue weighted by Crippen LogP contribution is -2.29. The Balaban J connectivity index is 1.81. The van der Waals surface area contributed by atoms with Crippen LogP contribution < -0.4 is 9.64 Å². The lowest BCUT2D eigenvalue weighted by atomic mass is 9.95. The number of rotatable bonds is 9. The Morgan fingerprint density at radius 2 is 1.84 bits per heavy atom. The summed E-state index contributed by atoms with van der Waals surface area (Å²) in [6.07, 6.45) is 1.94. The summed E-state index contributed by atoms with van der Waals surface area (Å²) in [5, 5.41) is 11.6. The maximum Gasteiger partial charge on any atom is 0.350 e. The number of benzene rings is 2. The lowest BCUT2D eigenvalue weighted by Gasteiger charge is -2.23. The van der Waals surface area contributed by atoms with Gasteiger partial charge in [-0.05, 0) is 56.5 Å². The average molecular weight is 535 g/mol. The third-order valence-corrected chi connectivity index (χ3v) is 7.35. The molecule has 198 valence electrons. The monoisotopic (exact) mass is 534 g/mol. The first-order valence-corrected chi connectivity index (χ1v) is 13.3. The molecular formula is C29H30N2O6S. The minimum Gasteiger partial charge on any atom is -0.507 e. The van der Waals surface area contributed by atoms with E-state index in [1.54, 1.807) is 56.3 Å². The maximum absolute atomic E-state index is 13.4. The summed E-state index contributed by atoms with van der Waals surface area (Å²) in [5.41, 5.74) is 2.16. The summed E-state index contributed by atoms with van der Waals surface area (Å²) in [4.78, 5) is 45.1. The predicted molar refractivity (Wildman–Crippen MR) is 146 cm³/mol. The van der Waals surface area contributed by atoms with E-state index >= 15 is 0 Å². The fraction of sp³-hybridized carbons (Fsp3) is 0.310. The Labute approximate surface area is 225 Å². The third kappa shape index (κ3) is 5.19. The molecule has 1 aromatic heterocycles. The van der Waals surface area contributed by atoms with Crippen molar-refractivity contribution in [2.45, 2.75) is 46.6 Å². The number of aliphatic hydroxyl groups excluding tert-OH is 1. The number of thiazole rings is 1. The number of aryl methyl sites for hydroxylation is 2. The van der Waals surface area contributed by atoms with Crippen LogP contribution in [0.1, 0.15) is 64.8 Å². The molecule has 0 aliphatic carbocycles. The second kappa shape index (κ2) is 11.6. The van der Waals surface area contributed by atoms with E-state index in [4.69, 9.17) is 9.47 Å². The Morgan fingerprint density at radius 3 is 2.50 bits per heavy atom. The maximum atomic E-state index is 13.4. The van der Waals surface area contributed by atoms with Gasteiger partial charge >= 0.3 is 11.9 Å². The van der Waals surface area contributed by atoms with Gasteiger partial charge in [-0.3, -0.25) is 14.5 Å². The van der Waals surface area contributed by atoms with Crippen molar-refractivity contribution >= 4 is 39.9 Å². The van der Waals surface area contributed by atoms with Gasteiger partial charge in [0.1, 0.15) is 16.4 Å². The minimum absolute atomic E-state index is 0.0502. The van der Waals surface area contributed by atoms with Crippen LogP contribution in [-0.2, 0) is 14.3 Å². The summed E-state index contributed by atoms with van der Waals surface area (Å²) >= 11 is 0.979. The number of unbranched alkanes of at least 4 members (excludes halogenated alkanes) is 1. The molecule has 4 rings (SSSR count). The second-order valence-corrected chi connectivity index (χ2v) is 9.87. The quantitative estimate of drug-likeness (QED) is 0.123. The second-order valence-electron chi connectivity index (χ2n) is 8.89. The molecule has 1 fully saturated rings. The zero-order valence-electron chi connectivity index (χ0n) is 21.8. The number of carbonyl (C=O) groups excluding carboxylic acids is 3. The topological polar surface area (TPSA) is 106 Å². The van der Waals surface area contributed by atoms with Crippen molar-refractivity contribution in [3.05, 3.63) is 81.4 Å². The van der Waals surface area contributed by atoms with Gasteiger partial charge in [-0.25, -0.2) is 9.78 Å². The van der Waals surface area contributed by atoms with Gasteiger partial charge in [0.15, 0.2) is 5.13 Å². The number of hydrogen-bond donors (Lipinski definition) is 1. The Bertz CT molecular complexity index is 1400.